The van der Waals surface area contributed by atoms with Crippen LogP contribution in [0.4, 0.5) is 4.39 Å². The fourth-order valence-electron chi connectivity index (χ4n) is 2.92. The van der Waals surface area contributed by atoms with Crippen LogP contribution in [0.2, 0.25) is 0 Å². The third-order valence-electron chi connectivity index (χ3n) is 4.51. The van der Waals surface area contributed by atoms with Gasteiger partial charge in [0.15, 0.2) is 0 Å². The molecule has 0 unspecified atom stereocenters. The minimum Gasteiger partial charge on any atom is -0.462 e. The highest BCUT2D eigenvalue weighted by Crippen LogP contribution is 2.41. The smallest absolute Gasteiger partial charge is 0.341 e. The second-order valence-corrected chi connectivity index (χ2v) is 8.00. The number of halogens is 1. The summed E-state index contributed by atoms with van der Waals surface area (Å²) in [6.07, 6.45) is 1.14. The number of esters is 1. The second kappa shape index (κ2) is 7.55. The highest BCUT2D eigenvalue weighted by atomic mass is 32.2. The highest BCUT2D eigenvalue weighted by Gasteiger charge is 2.27. The van der Waals surface area contributed by atoms with Crippen molar-refractivity contribution in [3.05, 3.63) is 64.5 Å². The number of carbonyl (C=O) groups is 1. The molecule has 0 aromatic heterocycles. The molecule has 0 saturated carbocycles. The van der Waals surface area contributed by atoms with Gasteiger partial charge in [-0.15, -0.1) is 11.8 Å². The van der Waals surface area contributed by atoms with Crippen LogP contribution in [-0.2, 0) is 10.2 Å². The predicted molar refractivity (Wildman–Crippen MR) is 103 cm³/mol. The summed E-state index contributed by atoms with van der Waals surface area (Å²) in [6, 6.07) is 10.6. The molecule has 0 N–H and O–H groups in total. The van der Waals surface area contributed by atoms with Gasteiger partial charge in [-0.3, -0.25) is 0 Å². The Balaban J connectivity index is 1.86. The summed E-state index contributed by atoms with van der Waals surface area (Å²) < 4.78 is 18.9. The van der Waals surface area contributed by atoms with Crippen LogP contribution in [-0.4, -0.2) is 18.3 Å². The van der Waals surface area contributed by atoms with Gasteiger partial charge in [0.1, 0.15) is 5.82 Å². The molecule has 1 heterocycles. The van der Waals surface area contributed by atoms with Crippen molar-refractivity contribution in [2.75, 3.05) is 12.4 Å². The minimum absolute atomic E-state index is 0.0649. The molecule has 0 spiro atoms. The monoisotopic (exact) mass is 368 g/mol. The van der Waals surface area contributed by atoms with E-state index < -0.39 is 11.8 Å². The zero-order valence-corrected chi connectivity index (χ0v) is 16.0. The third-order valence-corrected chi connectivity index (χ3v) is 5.58. The van der Waals surface area contributed by atoms with E-state index in [9.17, 15) is 9.18 Å². The zero-order valence-electron chi connectivity index (χ0n) is 15.2. The summed E-state index contributed by atoms with van der Waals surface area (Å²) >= 11 is 1.88. The Morgan fingerprint density at radius 1 is 1.19 bits per heavy atom. The van der Waals surface area contributed by atoms with Crippen LogP contribution in [0.3, 0.4) is 0 Å². The van der Waals surface area contributed by atoms with Crippen LogP contribution in [0.15, 0.2) is 41.3 Å². The van der Waals surface area contributed by atoms with Gasteiger partial charge in [-0.1, -0.05) is 25.7 Å². The summed E-state index contributed by atoms with van der Waals surface area (Å²) in [6.45, 7) is 6.42. The molecule has 0 amide bonds. The lowest BCUT2D eigenvalue weighted by Gasteiger charge is -2.32. The van der Waals surface area contributed by atoms with E-state index >= 15 is 0 Å². The molecule has 2 aromatic carbocycles. The van der Waals surface area contributed by atoms with Crippen molar-refractivity contribution in [2.24, 2.45) is 0 Å². The van der Waals surface area contributed by atoms with Crippen LogP contribution >= 0.6 is 11.8 Å². The molecule has 2 nitrogen and oxygen atoms in total. The van der Waals surface area contributed by atoms with Gasteiger partial charge in [0.2, 0.25) is 0 Å². The fraction of sp³-hybridized carbons (Fsp3) is 0.318. The van der Waals surface area contributed by atoms with Gasteiger partial charge in [0.05, 0.1) is 12.2 Å². The average molecular weight is 368 g/mol. The Hall–Kier alpha value is -2.25. The standard InChI is InChI=1S/C22H21FO2S/c1-4-25-21(24)17-9-7-16(14-19(17)23)6-5-15-8-10-20-18(13-15)22(2,3)11-12-26-20/h7-10,13-14H,4,11-12H2,1-3H3. The van der Waals surface area contributed by atoms with Crippen molar-refractivity contribution < 1.29 is 13.9 Å². The van der Waals surface area contributed by atoms with E-state index in [1.54, 1.807) is 13.0 Å². The quantitative estimate of drug-likeness (QED) is 0.540. The third kappa shape index (κ3) is 3.94. The van der Waals surface area contributed by atoms with Gasteiger partial charge in [-0.25, -0.2) is 9.18 Å². The van der Waals surface area contributed by atoms with E-state index in [1.165, 1.54) is 22.6 Å². The molecular formula is C22H21FO2S. The van der Waals surface area contributed by atoms with Gasteiger partial charge in [0, 0.05) is 16.0 Å². The van der Waals surface area contributed by atoms with Crippen LogP contribution in [0.25, 0.3) is 0 Å². The number of hydrogen-bond donors (Lipinski definition) is 0. The molecule has 26 heavy (non-hydrogen) atoms. The normalized spacial score (nSPS) is 14.8. The second-order valence-electron chi connectivity index (χ2n) is 6.86. The van der Waals surface area contributed by atoms with Gasteiger partial charge < -0.3 is 4.74 Å². The van der Waals surface area contributed by atoms with Crippen molar-refractivity contribution in [1.82, 2.24) is 0 Å². The molecule has 0 aliphatic carbocycles. The number of benzene rings is 2. The first kappa shape index (κ1) is 18.5. The molecule has 134 valence electrons. The Bertz CT molecular complexity index is 906. The maximum absolute atomic E-state index is 14.1. The summed E-state index contributed by atoms with van der Waals surface area (Å²) in [4.78, 5) is 13.0. The molecule has 0 atom stereocenters. The number of hydrogen-bond acceptors (Lipinski definition) is 3. The lowest BCUT2D eigenvalue weighted by atomic mass is 9.81. The maximum Gasteiger partial charge on any atom is 0.341 e. The van der Waals surface area contributed by atoms with Gasteiger partial charge in [0.25, 0.3) is 0 Å². The topological polar surface area (TPSA) is 26.3 Å². The molecule has 2 aromatic rings. The van der Waals surface area contributed by atoms with E-state index in [-0.39, 0.29) is 17.6 Å². The van der Waals surface area contributed by atoms with Crippen molar-refractivity contribution >= 4 is 17.7 Å². The summed E-state index contributed by atoms with van der Waals surface area (Å²) in [5, 5.41) is 0. The van der Waals surface area contributed by atoms with E-state index in [0.717, 1.165) is 17.7 Å². The summed E-state index contributed by atoms with van der Waals surface area (Å²) in [5.41, 5.74) is 2.84. The molecule has 3 rings (SSSR count). The first-order chi connectivity index (χ1) is 12.4. The Morgan fingerprint density at radius 2 is 1.88 bits per heavy atom. The predicted octanol–water partition coefficient (Wildman–Crippen LogP) is 5.18. The van der Waals surface area contributed by atoms with Gasteiger partial charge >= 0.3 is 5.97 Å². The van der Waals surface area contributed by atoms with Crippen LogP contribution in [0, 0.1) is 17.7 Å². The number of rotatable bonds is 2. The lowest BCUT2D eigenvalue weighted by Crippen LogP contribution is -2.22. The van der Waals surface area contributed by atoms with Crippen LogP contribution in [0.1, 0.15) is 54.2 Å². The molecule has 0 bridgehead atoms. The lowest BCUT2D eigenvalue weighted by molar-refractivity contribution is 0.0521. The van der Waals surface area contributed by atoms with Crippen molar-refractivity contribution in [3.63, 3.8) is 0 Å². The first-order valence-corrected chi connectivity index (χ1v) is 9.65. The van der Waals surface area contributed by atoms with Crippen LogP contribution < -0.4 is 0 Å². The van der Waals surface area contributed by atoms with E-state index in [2.05, 4.69) is 37.8 Å². The molecule has 0 fully saturated rings. The number of fused-ring (bicyclic) bond motifs is 1. The molecule has 4 heteroatoms. The number of carbonyl (C=O) groups excluding carboxylic acids is 1. The van der Waals surface area contributed by atoms with Gasteiger partial charge in [-0.2, -0.15) is 0 Å². The molecule has 0 saturated heterocycles. The minimum atomic E-state index is -0.654. The highest BCUT2D eigenvalue weighted by molar-refractivity contribution is 7.99. The fourth-order valence-corrected chi connectivity index (χ4v) is 4.41. The molecule has 0 radical (unpaired) electrons. The van der Waals surface area contributed by atoms with Crippen molar-refractivity contribution in [2.45, 2.75) is 37.5 Å². The Labute approximate surface area is 158 Å². The number of thioether (sulfide) groups is 1. The molecular weight excluding hydrogens is 347 g/mol. The largest absolute Gasteiger partial charge is 0.462 e. The molecule has 1 aliphatic heterocycles. The Kier molecular flexibility index (Phi) is 5.38. The van der Waals surface area contributed by atoms with Gasteiger partial charge in [-0.05, 0) is 66.5 Å². The summed E-state index contributed by atoms with van der Waals surface area (Å²) in [7, 11) is 0. The summed E-state index contributed by atoms with van der Waals surface area (Å²) in [5.74, 6) is 5.96. The van der Waals surface area contributed by atoms with Crippen molar-refractivity contribution in [3.8, 4) is 11.8 Å². The Morgan fingerprint density at radius 3 is 2.58 bits per heavy atom. The average Bonchev–Trinajstić information content (AvgIpc) is 2.60. The number of ether oxygens (including phenoxy) is 1. The van der Waals surface area contributed by atoms with E-state index in [4.69, 9.17) is 4.74 Å². The molecule has 1 aliphatic rings. The maximum atomic E-state index is 14.1. The first-order valence-electron chi connectivity index (χ1n) is 8.67. The van der Waals surface area contributed by atoms with Crippen molar-refractivity contribution in [1.29, 1.82) is 0 Å². The van der Waals surface area contributed by atoms with Crippen LogP contribution in [0.5, 0.6) is 0 Å². The zero-order chi connectivity index (χ0) is 18.7. The van der Waals surface area contributed by atoms with E-state index in [0.29, 0.717) is 5.56 Å². The SMILES string of the molecule is CCOC(=O)c1ccc(C#Cc2ccc3c(c2)C(C)(C)CCS3)cc1F. The van der Waals surface area contributed by atoms with E-state index in [1.807, 2.05) is 17.8 Å².